The maximum absolute atomic E-state index is 12.8. The number of aliphatic hydroxyl groups excluding tert-OH is 3. The molecular weight excluding hydrogens is 428 g/mol. The van der Waals surface area contributed by atoms with Gasteiger partial charge in [0.05, 0.1) is 19.1 Å². The molecule has 2 saturated carbocycles. The Morgan fingerprint density at radius 1 is 1.09 bits per heavy atom. The average molecular weight is 461 g/mol. The number of carbonyl (C=O) groups is 3. The number of allylic oxidation sites excluding steroid dienone is 1. The second kappa shape index (κ2) is 6.99. The first-order valence-electron chi connectivity index (χ1n) is 11.7. The fourth-order valence-electron chi connectivity index (χ4n) is 8.43. The van der Waals surface area contributed by atoms with Crippen LogP contribution in [0.4, 0.5) is 0 Å². The number of hydrogen-bond acceptors (Lipinski definition) is 8. The van der Waals surface area contributed by atoms with Crippen molar-refractivity contribution in [2.75, 3.05) is 6.61 Å². The molecule has 2 aliphatic heterocycles. The van der Waals surface area contributed by atoms with Crippen molar-refractivity contribution in [2.24, 2.45) is 34.0 Å². The van der Waals surface area contributed by atoms with Crippen molar-refractivity contribution < 1.29 is 39.2 Å². The van der Waals surface area contributed by atoms with Crippen molar-refractivity contribution >= 4 is 17.7 Å². The van der Waals surface area contributed by atoms with E-state index in [1.54, 1.807) is 0 Å². The van der Waals surface area contributed by atoms with Gasteiger partial charge in [0, 0.05) is 34.2 Å². The molecule has 0 aromatic carbocycles. The molecule has 2 heterocycles. The van der Waals surface area contributed by atoms with Crippen LogP contribution in [0.3, 0.4) is 0 Å². The quantitative estimate of drug-likeness (QED) is 0.522. The van der Waals surface area contributed by atoms with Crippen LogP contribution in [0.25, 0.3) is 0 Å². The highest BCUT2D eigenvalue weighted by atomic mass is 16.6. The van der Waals surface area contributed by atoms with Gasteiger partial charge in [0.1, 0.15) is 18.3 Å². The highest BCUT2D eigenvalue weighted by Crippen LogP contribution is 2.70. The third-order valence-corrected chi connectivity index (χ3v) is 9.68. The molecule has 0 unspecified atom stereocenters. The lowest BCUT2D eigenvalue weighted by molar-refractivity contribution is -0.232. The van der Waals surface area contributed by atoms with Crippen LogP contribution in [0, 0.1) is 34.0 Å². The summed E-state index contributed by atoms with van der Waals surface area (Å²) < 4.78 is 11.5. The Labute approximate surface area is 192 Å². The molecule has 180 valence electrons. The predicted octanol–water partition coefficient (Wildman–Crippen LogP) is 1.07. The summed E-state index contributed by atoms with van der Waals surface area (Å²) in [7, 11) is 0. The minimum atomic E-state index is -1.29. The van der Waals surface area contributed by atoms with Gasteiger partial charge in [-0.05, 0) is 37.3 Å². The monoisotopic (exact) mass is 460 g/mol. The lowest BCUT2D eigenvalue weighted by Gasteiger charge is -2.68. The van der Waals surface area contributed by atoms with Crippen molar-refractivity contribution in [3.63, 3.8) is 0 Å². The van der Waals surface area contributed by atoms with Gasteiger partial charge in [-0.2, -0.15) is 0 Å². The molecule has 0 bridgehead atoms. The minimum Gasteiger partial charge on any atom is -0.461 e. The molecule has 0 aromatic rings. The molecule has 33 heavy (non-hydrogen) atoms. The first-order valence-corrected chi connectivity index (χ1v) is 11.7. The molecule has 3 aliphatic carbocycles. The summed E-state index contributed by atoms with van der Waals surface area (Å²) in [5.74, 6) is -2.55. The average Bonchev–Trinajstić information content (AvgIpc) is 3.12. The van der Waals surface area contributed by atoms with Crippen molar-refractivity contribution in [1.29, 1.82) is 0 Å². The number of fused-ring (bicyclic) bond motifs is 2. The number of cyclic esters (lactones) is 1. The smallest absolute Gasteiger partial charge is 0.331 e. The standard InChI is InChI=1S/C25H32O8/c1-11-5-14(27)21(31)24(3)13(11)7-17-25(4)16(8-19(30)32-17)23(2,9-15(28)20(24)25)22-12(10-26)6-18(29)33-22/h5,8,12-13,15,17,20-22,26,28,31H,6-7,9-10H2,1-4H3/t12-,13-,15+,17-,20+,21-,22+,23-,24+,25-/m1/s1. The number of rotatable bonds is 2. The Hall–Kier alpha value is -2.03. The zero-order valence-electron chi connectivity index (χ0n) is 19.4. The molecule has 8 heteroatoms. The van der Waals surface area contributed by atoms with Crippen molar-refractivity contribution in [2.45, 2.75) is 71.4 Å². The lowest BCUT2D eigenvalue weighted by atomic mass is 9.38. The Balaban J connectivity index is 1.70. The molecule has 3 N–H and O–H groups in total. The van der Waals surface area contributed by atoms with Gasteiger partial charge in [-0.1, -0.05) is 26.3 Å². The maximum atomic E-state index is 12.8. The molecule has 10 atom stereocenters. The summed E-state index contributed by atoms with van der Waals surface area (Å²) >= 11 is 0. The zero-order valence-corrected chi connectivity index (χ0v) is 19.4. The normalized spacial score (nSPS) is 51.1. The summed E-state index contributed by atoms with van der Waals surface area (Å²) in [6.07, 6.45) is 0.0308. The number of carbonyl (C=O) groups excluding carboxylic acids is 3. The van der Waals surface area contributed by atoms with E-state index in [1.807, 2.05) is 27.7 Å². The number of ketones is 1. The lowest BCUT2D eigenvalue weighted by Crippen LogP contribution is -2.71. The largest absolute Gasteiger partial charge is 0.461 e. The van der Waals surface area contributed by atoms with E-state index in [0.717, 1.165) is 5.57 Å². The Morgan fingerprint density at radius 3 is 2.45 bits per heavy atom. The Bertz CT molecular complexity index is 998. The van der Waals surface area contributed by atoms with Crippen LogP contribution in [-0.2, 0) is 23.9 Å². The molecule has 1 saturated heterocycles. The number of ether oxygens (including phenoxy) is 2. The molecule has 0 spiro atoms. The van der Waals surface area contributed by atoms with Crippen LogP contribution in [0.15, 0.2) is 23.3 Å². The fourth-order valence-corrected chi connectivity index (χ4v) is 8.43. The van der Waals surface area contributed by atoms with E-state index >= 15 is 0 Å². The van der Waals surface area contributed by atoms with E-state index in [1.165, 1.54) is 12.2 Å². The van der Waals surface area contributed by atoms with E-state index in [-0.39, 0.29) is 31.1 Å². The van der Waals surface area contributed by atoms with E-state index in [0.29, 0.717) is 12.0 Å². The number of aliphatic hydroxyl groups is 3. The van der Waals surface area contributed by atoms with E-state index in [2.05, 4.69) is 0 Å². The van der Waals surface area contributed by atoms with Crippen molar-refractivity contribution in [3.8, 4) is 0 Å². The molecule has 0 radical (unpaired) electrons. The second-order valence-electron chi connectivity index (χ2n) is 11.3. The molecular formula is C25H32O8. The second-order valence-corrected chi connectivity index (χ2v) is 11.3. The summed E-state index contributed by atoms with van der Waals surface area (Å²) in [6.45, 7) is 7.25. The van der Waals surface area contributed by atoms with Gasteiger partial charge in [-0.15, -0.1) is 0 Å². The zero-order chi connectivity index (χ0) is 24.1. The summed E-state index contributed by atoms with van der Waals surface area (Å²) in [6, 6.07) is 0. The van der Waals surface area contributed by atoms with Gasteiger partial charge in [-0.25, -0.2) is 4.79 Å². The molecule has 5 rings (SSSR count). The van der Waals surface area contributed by atoms with Crippen LogP contribution < -0.4 is 0 Å². The predicted molar refractivity (Wildman–Crippen MR) is 114 cm³/mol. The first-order chi connectivity index (χ1) is 15.4. The number of esters is 2. The van der Waals surface area contributed by atoms with Crippen LogP contribution in [0.2, 0.25) is 0 Å². The van der Waals surface area contributed by atoms with Crippen LogP contribution >= 0.6 is 0 Å². The summed E-state index contributed by atoms with van der Waals surface area (Å²) in [4.78, 5) is 37.6. The third kappa shape index (κ3) is 2.71. The van der Waals surface area contributed by atoms with Crippen LogP contribution in [0.1, 0.15) is 47.0 Å². The molecule has 0 amide bonds. The van der Waals surface area contributed by atoms with E-state index in [9.17, 15) is 29.7 Å². The summed E-state index contributed by atoms with van der Waals surface area (Å²) in [5, 5.41) is 32.8. The van der Waals surface area contributed by atoms with Gasteiger partial charge in [0.2, 0.25) is 0 Å². The maximum Gasteiger partial charge on any atom is 0.331 e. The van der Waals surface area contributed by atoms with Crippen molar-refractivity contribution in [1.82, 2.24) is 0 Å². The van der Waals surface area contributed by atoms with Gasteiger partial charge in [-0.3, -0.25) is 9.59 Å². The first kappa shape index (κ1) is 22.7. The van der Waals surface area contributed by atoms with Gasteiger partial charge >= 0.3 is 11.9 Å². The number of hydrogen-bond donors (Lipinski definition) is 3. The third-order valence-electron chi connectivity index (χ3n) is 9.68. The summed E-state index contributed by atoms with van der Waals surface area (Å²) in [5.41, 5.74) is -1.25. The van der Waals surface area contributed by atoms with E-state index in [4.69, 9.17) is 9.47 Å². The minimum absolute atomic E-state index is 0.0745. The van der Waals surface area contributed by atoms with Crippen LogP contribution in [-0.4, -0.2) is 64.1 Å². The van der Waals surface area contributed by atoms with Gasteiger partial charge in [0.15, 0.2) is 5.78 Å². The SMILES string of the molecule is CC1=CC(=O)[C@@H](O)[C@@]2(C)[C@@H]1C[C@H]1OC(=O)C=C3[C@@]1(C)[C@H]2[C@@H](O)C[C@@]3(C)[C@H]1OC(=O)C[C@@H]1CO. The van der Waals surface area contributed by atoms with Crippen LogP contribution in [0.5, 0.6) is 0 Å². The fraction of sp³-hybridized carbons (Fsp3) is 0.720. The Morgan fingerprint density at radius 2 is 1.79 bits per heavy atom. The molecule has 8 nitrogen and oxygen atoms in total. The molecule has 3 fully saturated rings. The highest BCUT2D eigenvalue weighted by Gasteiger charge is 2.72. The Kier molecular flexibility index (Phi) is 4.82. The van der Waals surface area contributed by atoms with Gasteiger partial charge < -0.3 is 24.8 Å². The van der Waals surface area contributed by atoms with E-state index < -0.39 is 64.4 Å². The highest BCUT2D eigenvalue weighted by molar-refractivity contribution is 5.96. The van der Waals surface area contributed by atoms with Crippen molar-refractivity contribution in [3.05, 3.63) is 23.3 Å². The molecule has 5 aliphatic rings. The van der Waals surface area contributed by atoms with Gasteiger partial charge in [0.25, 0.3) is 0 Å². The molecule has 0 aromatic heterocycles. The topological polar surface area (TPSA) is 130 Å².